The SMILES string of the molecule is COc1ccc(-n2c(=O)c3c(CN(C)C)[nH]nc3n(Cc3c(F)cccc3F)c2=O)nn1. The Hall–Kier alpha value is -3.93. The second-order valence-electron chi connectivity index (χ2n) is 7.28. The number of benzene rings is 1. The first-order chi connectivity index (χ1) is 15.3. The smallest absolute Gasteiger partial charge is 0.338 e. The van der Waals surface area contributed by atoms with E-state index < -0.39 is 29.4 Å². The molecule has 0 aliphatic carbocycles. The third-order valence-electron chi connectivity index (χ3n) is 4.83. The van der Waals surface area contributed by atoms with Gasteiger partial charge in [0.15, 0.2) is 11.5 Å². The minimum atomic E-state index is -0.868. The first-order valence-corrected chi connectivity index (χ1v) is 9.50. The summed E-state index contributed by atoms with van der Waals surface area (Å²) in [5, 5.41) is 14.7. The molecule has 3 heterocycles. The number of aromatic amines is 1. The molecule has 0 saturated carbocycles. The van der Waals surface area contributed by atoms with Gasteiger partial charge in [-0.2, -0.15) is 5.10 Å². The van der Waals surface area contributed by atoms with Gasteiger partial charge in [0.05, 0.1) is 19.3 Å². The Morgan fingerprint density at radius 3 is 2.41 bits per heavy atom. The van der Waals surface area contributed by atoms with Gasteiger partial charge in [-0.15, -0.1) is 10.2 Å². The van der Waals surface area contributed by atoms with Crippen molar-refractivity contribution in [2.24, 2.45) is 0 Å². The Kier molecular flexibility index (Phi) is 5.53. The van der Waals surface area contributed by atoms with Crippen molar-refractivity contribution in [3.63, 3.8) is 0 Å². The predicted molar refractivity (Wildman–Crippen MR) is 111 cm³/mol. The molecule has 0 amide bonds. The fraction of sp³-hybridized carbons (Fsp3) is 0.250. The summed E-state index contributed by atoms with van der Waals surface area (Å²) in [5.74, 6) is -1.53. The number of fused-ring (bicyclic) bond motifs is 1. The largest absolute Gasteiger partial charge is 0.480 e. The predicted octanol–water partition coefficient (Wildman–Crippen LogP) is 1.06. The Balaban J connectivity index is 2.03. The van der Waals surface area contributed by atoms with E-state index in [1.807, 2.05) is 0 Å². The summed E-state index contributed by atoms with van der Waals surface area (Å²) in [6, 6.07) is 6.24. The Morgan fingerprint density at radius 2 is 1.81 bits per heavy atom. The zero-order valence-corrected chi connectivity index (χ0v) is 17.5. The molecule has 0 unspecified atom stereocenters. The van der Waals surface area contributed by atoms with Crippen LogP contribution >= 0.6 is 0 Å². The highest BCUT2D eigenvalue weighted by molar-refractivity contribution is 5.77. The molecule has 0 spiro atoms. The van der Waals surface area contributed by atoms with Crippen LogP contribution < -0.4 is 16.0 Å². The molecule has 0 atom stereocenters. The number of H-pyrrole nitrogens is 1. The molecule has 3 aromatic heterocycles. The summed E-state index contributed by atoms with van der Waals surface area (Å²) < 4.78 is 35.5. The number of hydrogen-bond donors (Lipinski definition) is 1. The molecule has 0 radical (unpaired) electrons. The van der Waals surface area contributed by atoms with E-state index in [4.69, 9.17) is 4.74 Å². The van der Waals surface area contributed by atoms with Gasteiger partial charge >= 0.3 is 5.69 Å². The van der Waals surface area contributed by atoms with Crippen LogP contribution in [0.25, 0.3) is 16.9 Å². The Labute approximate surface area is 179 Å². The average Bonchev–Trinajstić information content (AvgIpc) is 3.16. The second kappa shape index (κ2) is 8.30. The normalized spacial score (nSPS) is 11.4. The number of halogens is 2. The molecule has 4 aromatic rings. The van der Waals surface area contributed by atoms with Crippen LogP contribution in [0.15, 0.2) is 39.9 Å². The lowest BCUT2D eigenvalue weighted by Crippen LogP contribution is -2.40. The molecule has 0 aliphatic heterocycles. The van der Waals surface area contributed by atoms with Gasteiger partial charge in [0.2, 0.25) is 5.88 Å². The van der Waals surface area contributed by atoms with Crippen molar-refractivity contribution in [2.45, 2.75) is 13.1 Å². The summed E-state index contributed by atoms with van der Waals surface area (Å²) in [6.07, 6.45) is 0. The molecule has 4 rings (SSSR count). The monoisotopic (exact) mass is 443 g/mol. The van der Waals surface area contributed by atoms with Gasteiger partial charge < -0.3 is 9.64 Å². The summed E-state index contributed by atoms with van der Waals surface area (Å²) in [5.41, 5.74) is -1.46. The van der Waals surface area contributed by atoms with E-state index in [0.717, 1.165) is 21.3 Å². The third-order valence-corrected chi connectivity index (χ3v) is 4.83. The topological polar surface area (TPSA) is 111 Å². The summed E-state index contributed by atoms with van der Waals surface area (Å²) in [7, 11) is 4.99. The van der Waals surface area contributed by atoms with Gasteiger partial charge in [-0.05, 0) is 32.3 Å². The minimum absolute atomic E-state index is 0.0165. The summed E-state index contributed by atoms with van der Waals surface area (Å²) >= 11 is 0. The molecule has 0 aliphatic rings. The summed E-state index contributed by atoms with van der Waals surface area (Å²) in [4.78, 5) is 28.5. The number of hydrogen-bond acceptors (Lipinski definition) is 7. The molecule has 0 bridgehead atoms. The van der Waals surface area contributed by atoms with Crippen molar-refractivity contribution in [2.75, 3.05) is 21.2 Å². The van der Waals surface area contributed by atoms with E-state index in [9.17, 15) is 18.4 Å². The van der Waals surface area contributed by atoms with Gasteiger partial charge in [-0.1, -0.05) is 6.07 Å². The van der Waals surface area contributed by atoms with E-state index in [-0.39, 0.29) is 28.3 Å². The van der Waals surface area contributed by atoms with E-state index in [2.05, 4.69) is 20.4 Å². The maximum absolute atomic E-state index is 14.3. The zero-order valence-electron chi connectivity index (χ0n) is 17.5. The highest BCUT2D eigenvalue weighted by Gasteiger charge is 2.23. The lowest BCUT2D eigenvalue weighted by atomic mass is 10.2. The standard InChI is InChI=1S/C20H19F2N7O3/c1-27(2)10-14-17-18(26-23-14)28(9-11-12(21)5-4-6-13(11)22)20(31)29(19(17)30)15-7-8-16(32-3)25-24-15/h4-8H,9-10H2,1-3H3,(H,23,26). The van der Waals surface area contributed by atoms with Gasteiger partial charge in [0.1, 0.15) is 17.0 Å². The first kappa shape index (κ1) is 21.3. The molecule has 0 saturated heterocycles. The lowest BCUT2D eigenvalue weighted by Gasteiger charge is -2.13. The quantitative estimate of drug-likeness (QED) is 0.474. The maximum Gasteiger partial charge on any atom is 0.338 e. The molecule has 1 aromatic carbocycles. The van der Waals surface area contributed by atoms with Crippen LogP contribution in [0.3, 0.4) is 0 Å². The Bertz CT molecular complexity index is 1390. The van der Waals surface area contributed by atoms with Gasteiger partial charge in [-0.3, -0.25) is 14.5 Å². The fourth-order valence-electron chi connectivity index (χ4n) is 3.36. The van der Waals surface area contributed by atoms with Crippen molar-refractivity contribution >= 4 is 11.0 Å². The maximum atomic E-state index is 14.3. The van der Waals surface area contributed by atoms with Gasteiger partial charge in [-0.25, -0.2) is 18.1 Å². The van der Waals surface area contributed by atoms with Crippen LogP contribution in [0.2, 0.25) is 0 Å². The highest BCUT2D eigenvalue weighted by atomic mass is 19.1. The number of methoxy groups -OCH3 is 1. The molecular formula is C20H19F2N7O3. The second-order valence-corrected chi connectivity index (χ2v) is 7.28. The third kappa shape index (κ3) is 3.64. The fourth-order valence-corrected chi connectivity index (χ4v) is 3.36. The van der Waals surface area contributed by atoms with E-state index >= 15 is 0 Å². The number of aromatic nitrogens is 6. The van der Waals surface area contributed by atoms with E-state index in [1.165, 1.54) is 25.3 Å². The van der Waals surface area contributed by atoms with Crippen LogP contribution in [0.1, 0.15) is 11.3 Å². The highest BCUT2D eigenvalue weighted by Crippen LogP contribution is 2.17. The molecule has 0 fully saturated rings. The van der Waals surface area contributed by atoms with Crippen molar-refractivity contribution in [1.29, 1.82) is 0 Å². The Morgan fingerprint density at radius 1 is 1.09 bits per heavy atom. The minimum Gasteiger partial charge on any atom is -0.480 e. The number of nitrogens with zero attached hydrogens (tertiary/aromatic N) is 6. The van der Waals surface area contributed by atoms with Crippen molar-refractivity contribution in [3.8, 4) is 11.7 Å². The van der Waals surface area contributed by atoms with Crippen LogP contribution in [0.4, 0.5) is 8.78 Å². The number of ether oxygens (including phenoxy) is 1. The lowest BCUT2D eigenvalue weighted by molar-refractivity contribution is 0.391. The van der Waals surface area contributed by atoms with Crippen molar-refractivity contribution in [1.82, 2.24) is 34.4 Å². The summed E-state index contributed by atoms with van der Waals surface area (Å²) in [6.45, 7) is -0.170. The molecule has 32 heavy (non-hydrogen) atoms. The molecule has 10 nitrogen and oxygen atoms in total. The number of rotatable bonds is 6. The number of nitrogens with one attached hydrogen (secondary N) is 1. The van der Waals surface area contributed by atoms with Gasteiger partial charge in [0, 0.05) is 18.2 Å². The van der Waals surface area contributed by atoms with Crippen molar-refractivity contribution in [3.05, 3.63) is 74.1 Å². The van der Waals surface area contributed by atoms with E-state index in [1.54, 1.807) is 19.0 Å². The molecule has 12 heteroatoms. The zero-order chi connectivity index (χ0) is 23.0. The molecule has 1 N–H and O–H groups in total. The van der Waals surface area contributed by atoms with Gasteiger partial charge in [0.25, 0.3) is 5.56 Å². The van der Waals surface area contributed by atoms with Crippen molar-refractivity contribution < 1.29 is 13.5 Å². The molecule has 166 valence electrons. The first-order valence-electron chi connectivity index (χ1n) is 9.50. The average molecular weight is 443 g/mol. The van der Waals surface area contributed by atoms with Crippen LogP contribution in [-0.4, -0.2) is 55.6 Å². The molecular weight excluding hydrogens is 424 g/mol. The van der Waals surface area contributed by atoms with E-state index in [0.29, 0.717) is 12.2 Å². The van der Waals surface area contributed by atoms with Crippen LogP contribution in [-0.2, 0) is 13.1 Å². The van der Waals surface area contributed by atoms with Crippen LogP contribution in [0, 0.1) is 11.6 Å². The van der Waals surface area contributed by atoms with Crippen LogP contribution in [0.5, 0.6) is 5.88 Å².